The quantitative estimate of drug-likeness (QED) is 0.622. The number of ether oxygens (including phenoxy) is 1. The Kier molecular flexibility index (Phi) is 6.19. The minimum atomic E-state index is -3.10. The predicted octanol–water partition coefficient (Wildman–Crippen LogP) is 1.83. The van der Waals surface area contributed by atoms with Crippen molar-refractivity contribution in [1.82, 2.24) is 9.88 Å². The van der Waals surface area contributed by atoms with Gasteiger partial charge in [-0.3, -0.25) is 9.59 Å². The lowest BCUT2D eigenvalue weighted by molar-refractivity contribution is -0.152. The van der Waals surface area contributed by atoms with Crippen molar-refractivity contribution >= 4 is 33.1 Å². The van der Waals surface area contributed by atoms with E-state index in [0.29, 0.717) is 30.3 Å². The molecule has 1 unspecified atom stereocenters. The summed E-state index contributed by atoms with van der Waals surface area (Å²) in [5.41, 5.74) is 0.468. The van der Waals surface area contributed by atoms with E-state index in [0.717, 1.165) is 4.88 Å². The second kappa shape index (κ2) is 8.44. The van der Waals surface area contributed by atoms with Gasteiger partial charge in [0.25, 0.3) is 5.91 Å². The molecule has 0 aromatic carbocycles. The van der Waals surface area contributed by atoms with Crippen LogP contribution in [0.3, 0.4) is 0 Å². The molecule has 152 valence electrons. The fraction of sp³-hybridized carbons (Fsp3) is 0.500. The summed E-state index contributed by atoms with van der Waals surface area (Å²) in [5.74, 6) is 0.0410. The lowest BCUT2D eigenvalue weighted by atomic mass is 10.2. The molecule has 0 spiro atoms. The van der Waals surface area contributed by atoms with Crippen LogP contribution in [0.2, 0.25) is 0 Å². The fourth-order valence-corrected chi connectivity index (χ4v) is 5.55. The number of oxazole rings is 1. The van der Waals surface area contributed by atoms with E-state index >= 15 is 0 Å². The number of amides is 1. The van der Waals surface area contributed by atoms with E-state index in [9.17, 15) is 18.0 Å². The molecule has 0 N–H and O–H groups in total. The van der Waals surface area contributed by atoms with Crippen LogP contribution in [0.5, 0.6) is 0 Å². The van der Waals surface area contributed by atoms with Crippen LogP contribution in [0.4, 0.5) is 0 Å². The van der Waals surface area contributed by atoms with E-state index in [1.807, 2.05) is 17.5 Å². The molecule has 0 bridgehead atoms. The Morgan fingerprint density at radius 2 is 2.21 bits per heavy atom. The molecule has 1 amide bonds. The number of aryl methyl sites for hydroxylation is 1. The van der Waals surface area contributed by atoms with Gasteiger partial charge in [0.05, 0.1) is 28.5 Å². The van der Waals surface area contributed by atoms with Crippen molar-refractivity contribution < 1.29 is 27.2 Å². The standard InChI is InChI=1S/C18H22N2O6S2/c1-3-20(13-6-8-28(23,24)11-13)16(21)10-25-17(22)9-14-12(2)26-18(19-14)15-5-4-7-27-15/h4-5,7,13H,3,6,8-11H2,1-2H3. The molecule has 3 rings (SSSR count). The average molecular weight is 427 g/mol. The average Bonchev–Trinajstić information content (AvgIpc) is 3.35. The first-order chi connectivity index (χ1) is 13.3. The third-order valence-electron chi connectivity index (χ3n) is 4.60. The molecule has 1 atom stereocenters. The van der Waals surface area contributed by atoms with E-state index in [2.05, 4.69) is 4.98 Å². The second-order valence-corrected chi connectivity index (χ2v) is 9.75. The van der Waals surface area contributed by atoms with Crippen LogP contribution in [-0.4, -0.2) is 60.9 Å². The van der Waals surface area contributed by atoms with Crippen molar-refractivity contribution in [2.45, 2.75) is 32.7 Å². The van der Waals surface area contributed by atoms with Crippen LogP contribution in [0, 0.1) is 6.92 Å². The van der Waals surface area contributed by atoms with Gasteiger partial charge in [0.2, 0.25) is 5.89 Å². The lowest BCUT2D eigenvalue weighted by Gasteiger charge is -2.26. The van der Waals surface area contributed by atoms with E-state index in [1.165, 1.54) is 16.2 Å². The highest BCUT2D eigenvalue weighted by molar-refractivity contribution is 7.91. The molecule has 28 heavy (non-hydrogen) atoms. The molecule has 1 aliphatic heterocycles. The number of likely N-dealkylation sites (N-methyl/N-ethyl adjacent to an activating group) is 1. The zero-order chi connectivity index (χ0) is 20.3. The number of sulfone groups is 1. The zero-order valence-corrected chi connectivity index (χ0v) is 17.3. The first-order valence-electron chi connectivity index (χ1n) is 8.94. The monoisotopic (exact) mass is 426 g/mol. The Morgan fingerprint density at radius 1 is 1.43 bits per heavy atom. The van der Waals surface area contributed by atoms with Crippen LogP contribution in [0.1, 0.15) is 24.8 Å². The summed E-state index contributed by atoms with van der Waals surface area (Å²) in [6.45, 7) is 3.44. The highest BCUT2D eigenvalue weighted by Gasteiger charge is 2.34. The number of rotatable bonds is 7. The summed E-state index contributed by atoms with van der Waals surface area (Å²) in [5, 5.41) is 1.91. The molecule has 2 aromatic rings. The summed E-state index contributed by atoms with van der Waals surface area (Å²) in [6, 6.07) is 3.40. The maximum Gasteiger partial charge on any atom is 0.312 e. The van der Waals surface area contributed by atoms with E-state index < -0.39 is 28.3 Å². The van der Waals surface area contributed by atoms with Crippen LogP contribution in [0.25, 0.3) is 10.8 Å². The third-order valence-corrected chi connectivity index (χ3v) is 7.21. The van der Waals surface area contributed by atoms with Gasteiger partial charge >= 0.3 is 5.97 Å². The molecular formula is C18H22N2O6S2. The van der Waals surface area contributed by atoms with Crippen molar-refractivity contribution in [3.63, 3.8) is 0 Å². The summed E-state index contributed by atoms with van der Waals surface area (Å²) in [4.78, 5) is 31.2. The molecule has 1 saturated heterocycles. The number of hydrogen-bond donors (Lipinski definition) is 0. The smallest absolute Gasteiger partial charge is 0.312 e. The normalized spacial score (nSPS) is 18.1. The molecule has 10 heteroatoms. The number of carbonyl (C=O) groups is 2. The van der Waals surface area contributed by atoms with Gasteiger partial charge in [-0.15, -0.1) is 11.3 Å². The van der Waals surface area contributed by atoms with Crippen molar-refractivity contribution in [3.8, 4) is 10.8 Å². The van der Waals surface area contributed by atoms with Gasteiger partial charge in [-0.1, -0.05) is 6.07 Å². The van der Waals surface area contributed by atoms with Crippen molar-refractivity contribution in [2.24, 2.45) is 0 Å². The first-order valence-corrected chi connectivity index (χ1v) is 11.6. The van der Waals surface area contributed by atoms with Gasteiger partial charge in [0.15, 0.2) is 16.4 Å². The zero-order valence-electron chi connectivity index (χ0n) is 15.7. The minimum Gasteiger partial charge on any atom is -0.455 e. The number of esters is 1. The number of carbonyl (C=O) groups excluding carboxylic acids is 2. The molecule has 1 fully saturated rings. The molecule has 0 saturated carbocycles. The Morgan fingerprint density at radius 3 is 2.82 bits per heavy atom. The van der Waals surface area contributed by atoms with Gasteiger partial charge in [0, 0.05) is 12.6 Å². The molecule has 0 aliphatic carbocycles. The van der Waals surface area contributed by atoms with E-state index in [1.54, 1.807) is 13.8 Å². The van der Waals surface area contributed by atoms with Crippen LogP contribution < -0.4 is 0 Å². The molecule has 2 aromatic heterocycles. The Balaban J connectivity index is 1.54. The van der Waals surface area contributed by atoms with Gasteiger partial charge in [-0.2, -0.15) is 0 Å². The minimum absolute atomic E-state index is 0.0375. The maximum absolute atomic E-state index is 12.4. The molecular weight excluding hydrogens is 404 g/mol. The third kappa shape index (κ3) is 4.79. The van der Waals surface area contributed by atoms with Gasteiger partial charge in [-0.05, 0) is 31.7 Å². The molecule has 0 radical (unpaired) electrons. The fourth-order valence-electron chi connectivity index (χ4n) is 3.17. The number of nitrogens with zero attached hydrogens (tertiary/aromatic N) is 2. The summed E-state index contributed by atoms with van der Waals surface area (Å²) in [7, 11) is -3.10. The summed E-state index contributed by atoms with van der Waals surface area (Å²) < 4.78 is 34.0. The largest absolute Gasteiger partial charge is 0.455 e. The van der Waals surface area contributed by atoms with Gasteiger partial charge < -0.3 is 14.1 Å². The van der Waals surface area contributed by atoms with Crippen LogP contribution in [-0.2, 0) is 30.6 Å². The van der Waals surface area contributed by atoms with E-state index in [-0.39, 0.29) is 24.0 Å². The topological polar surface area (TPSA) is 107 Å². The van der Waals surface area contributed by atoms with E-state index in [4.69, 9.17) is 9.15 Å². The highest BCUT2D eigenvalue weighted by atomic mass is 32.2. The highest BCUT2D eigenvalue weighted by Crippen LogP contribution is 2.26. The Labute approximate surface area is 167 Å². The maximum atomic E-state index is 12.4. The lowest BCUT2D eigenvalue weighted by Crippen LogP contribution is -2.43. The second-order valence-electron chi connectivity index (χ2n) is 6.57. The van der Waals surface area contributed by atoms with Gasteiger partial charge in [0.1, 0.15) is 5.76 Å². The van der Waals surface area contributed by atoms with Gasteiger partial charge in [-0.25, -0.2) is 13.4 Å². The summed E-state index contributed by atoms with van der Waals surface area (Å²) in [6.07, 6.45) is 0.317. The van der Waals surface area contributed by atoms with Crippen LogP contribution >= 0.6 is 11.3 Å². The predicted molar refractivity (Wildman–Crippen MR) is 104 cm³/mol. The van der Waals surface area contributed by atoms with Crippen LogP contribution in [0.15, 0.2) is 21.9 Å². The van der Waals surface area contributed by atoms with Crippen molar-refractivity contribution in [3.05, 3.63) is 29.0 Å². The summed E-state index contributed by atoms with van der Waals surface area (Å²) >= 11 is 1.48. The number of aromatic nitrogens is 1. The number of thiophene rings is 1. The Hall–Kier alpha value is -2.20. The molecule has 3 heterocycles. The van der Waals surface area contributed by atoms with Crippen molar-refractivity contribution in [1.29, 1.82) is 0 Å². The van der Waals surface area contributed by atoms with Crippen molar-refractivity contribution in [2.75, 3.05) is 24.7 Å². The first kappa shape index (κ1) is 20.5. The molecule has 8 nitrogen and oxygen atoms in total. The Bertz CT molecular complexity index is 949. The number of hydrogen-bond acceptors (Lipinski definition) is 8. The SMILES string of the molecule is CCN(C(=O)COC(=O)Cc1nc(-c2cccs2)oc1C)C1CCS(=O)(=O)C1. The molecule has 1 aliphatic rings.